The Labute approximate surface area is 182 Å². The average Bonchev–Trinajstić information content (AvgIpc) is 3.21. The first kappa shape index (κ1) is 20.4. The van der Waals surface area contributed by atoms with Gasteiger partial charge in [-0.05, 0) is 47.5 Å². The lowest BCUT2D eigenvalue weighted by molar-refractivity contribution is 0.0696. The van der Waals surface area contributed by atoms with E-state index in [1.165, 1.54) is 18.3 Å². The molecule has 0 unspecified atom stereocenters. The summed E-state index contributed by atoms with van der Waals surface area (Å²) in [4.78, 5) is 30.9. The largest absolute Gasteiger partial charge is 0.478 e. The number of benzene rings is 3. The minimum absolute atomic E-state index is 0.194. The van der Waals surface area contributed by atoms with Gasteiger partial charge in [0.15, 0.2) is 5.16 Å². The zero-order chi connectivity index (χ0) is 21.6. The van der Waals surface area contributed by atoms with Gasteiger partial charge < -0.3 is 10.1 Å². The van der Waals surface area contributed by atoms with Crippen LogP contribution in [0.15, 0.2) is 83.1 Å². The molecule has 1 aromatic heterocycles. The summed E-state index contributed by atoms with van der Waals surface area (Å²) in [6, 6.07) is 21.4. The van der Waals surface area contributed by atoms with E-state index in [0.29, 0.717) is 11.1 Å². The number of amides is 1. The maximum Gasteiger partial charge on any atom is 0.335 e. The molecule has 3 N–H and O–H groups in total. The van der Waals surface area contributed by atoms with Crippen LogP contribution < -0.4 is 5.43 Å². The van der Waals surface area contributed by atoms with Crippen LogP contribution in [0.1, 0.15) is 31.8 Å². The summed E-state index contributed by atoms with van der Waals surface area (Å²) < 4.78 is 0. The molecule has 0 atom stereocenters. The van der Waals surface area contributed by atoms with Crippen molar-refractivity contribution >= 4 is 40.9 Å². The fourth-order valence-corrected chi connectivity index (χ4v) is 3.68. The van der Waals surface area contributed by atoms with Crippen LogP contribution in [0.4, 0.5) is 0 Å². The third kappa shape index (κ3) is 5.18. The van der Waals surface area contributed by atoms with Gasteiger partial charge in [0, 0.05) is 11.3 Å². The SMILES string of the molecule is O=C(O)c1ccc(/C=N\NC(=O)c2ccc(CSc3nc4ccccc4[nH]3)cc2)cc1. The van der Waals surface area contributed by atoms with Gasteiger partial charge in [-0.3, -0.25) is 4.79 Å². The number of hydrogen-bond donors (Lipinski definition) is 3. The zero-order valence-electron chi connectivity index (χ0n) is 16.3. The molecule has 8 heteroatoms. The molecule has 0 aliphatic rings. The zero-order valence-corrected chi connectivity index (χ0v) is 17.1. The van der Waals surface area contributed by atoms with E-state index in [-0.39, 0.29) is 11.5 Å². The fourth-order valence-electron chi connectivity index (χ4n) is 2.84. The Morgan fingerprint density at radius 2 is 1.71 bits per heavy atom. The van der Waals surface area contributed by atoms with Crippen molar-refractivity contribution in [1.29, 1.82) is 0 Å². The maximum absolute atomic E-state index is 12.2. The Balaban J connectivity index is 1.30. The number of aromatic nitrogens is 2. The van der Waals surface area contributed by atoms with Gasteiger partial charge in [0.25, 0.3) is 5.91 Å². The van der Waals surface area contributed by atoms with E-state index in [1.54, 1.807) is 36.0 Å². The monoisotopic (exact) mass is 430 g/mol. The molecule has 1 heterocycles. The number of carboxylic acids is 1. The summed E-state index contributed by atoms with van der Waals surface area (Å²) in [5.74, 6) is -0.585. The number of nitrogens with zero attached hydrogens (tertiary/aromatic N) is 2. The smallest absolute Gasteiger partial charge is 0.335 e. The number of para-hydroxylation sites is 2. The van der Waals surface area contributed by atoms with Crippen molar-refractivity contribution in [2.75, 3.05) is 0 Å². The molecular formula is C23H18N4O3S. The minimum atomic E-state index is -0.990. The third-order valence-corrected chi connectivity index (χ3v) is 5.44. The van der Waals surface area contributed by atoms with E-state index in [9.17, 15) is 9.59 Å². The number of nitrogens with one attached hydrogen (secondary N) is 2. The van der Waals surface area contributed by atoms with Crippen molar-refractivity contribution in [1.82, 2.24) is 15.4 Å². The molecule has 0 saturated carbocycles. The number of rotatable bonds is 7. The van der Waals surface area contributed by atoms with Crippen molar-refractivity contribution in [3.8, 4) is 0 Å². The molecule has 0 bridgehead atoms. The van der Waals surface area contributed by atoms with Crippen molar-refractivity contribution in [3.05, 3.63) is 95.1 Å². The molecule has 3 aromatic carbocycles. The number of carboxylic acid groups (broad SMARTS) is 1. The highest BCUT2D eigenvalue weighted by Gasteiger charge is 2.06. The molecule has 0 aliphatic heterocycles. The number of fused-ring (bicyclic) bond motifs is 1. The predicted octanol–water partition coefficient (Wildman–Crippen LogP) is 4.32. The molecule has 1 amide bonds. The second-order valence-corrected chi connectivity index (χ2v) is 7.64. The summed E-state index contributed by atoms with van der Waals surface area (Å²) in [5, 5.41) is 13.7. The Morgan fingerprint density at radius 3 is 2.42 bits per heavy atom. The van der Waals surface area contributed by atoms with Crippen LogP contribution >= 0.6 is 11.8 Å². The van der Waals surface area contributed by atoms with Crippen LogP contribution in [-0.2, 0) is 5.75 Å². The van der Waals surface area contributed by atoms with E-state index >= 15 is 0 Å². The van der Waals surface area contributed by atoms with Gasteiger partial charge in [-0.1, -0.05) is 48.2 Å². The molecule has 7 nitrogen and oxygen atoms in total. The first-order chi connectivity index (χ1) is 15.1. The highest BCUT2D eigenvalue weighted by molar-refractivity contribution is 7.98. The molecular weight excluding hydrogens is 412 g/mol. The van der Waals surface area contributed by atoms with Crippen LogP contribution in [0.25, 0.3) is 11.0 Å². The summed E-state index contributed by atoms with van der Waals surface area (Å²) >= 11 is 1.60. The van der Waals surface area contributed by atoms with Crippen LogP contribution in [0, 0.1) is 0 Å². The quantitative estimate of drug-likeness (QED) is 0.230. The van der Waals surface area contributed by atoms with Crippen LogP contribution in [0.2, 0.25) is 0 Å². The molecule has 154 valence electrons. The maximum atomic E-state index is 12.2. The number of imidazole rings is 1. The highest BCUT2D eigenvalue weighted by atomic mass is 32.2. The van der Waals surface area contributed by atoms with Crippen molar-refractivity contribution in [3.63, 3.8) is 0 Å². The van der Waals surface area contributed by atoms with Gasteiger partial charge in [0.2, 0.25) is 0 Å². The second-order valence-electron chi connectivity index (χ2n) is 6.67. The normalized spacial score (nSPS) is 11.1. The second kappa shape index (κ2) is 9.27. The molecule has 0 spiro atoms. The van der Waals surface area contributed by atoms with E-state index in [0.717, 1.165) is 27.5 Å². The predicted molar refractivity (Wildman–Crippen MR) is 121 cm³/mol. The molecule has 4 rings (SSSR count). The van der Waals surface area contributed by atoms with Gasteiger partial charge in [0.1, 0.15) is 0 Å². The topological polar surface area (TPSA) is 107 Å². The molecule has 0 fully saturated rings. The third-order valence-electron chi connectivity index (χ3n) is 4.50. The molecule has 0 aliphatic carbocycles. The first-order valence-electron chi connectivity index (χ1n) is 9.42. The van der Waals surface area contributed by atoms with Crippen LogP contribution in [-0.4, -0.2) is 33.2 Å². The standard InChI is InChI=1S/C23H18N4O3S/c28-21(27-24-13-15-5-11-18(12-6-15)22(29)30)17-9-7-16(8-10-17)14-31-23-25-19-3-1-2-4-20(19)26-23/h1-13H,14H2,(H,25,26)(H,27,28)(H,29,30)/b24-13-. The number of carbonyl (C=O) groups excluding carboxylic acids is 1. The number of aromatic carboxylic acids is 1. The van der Waals surface area contributed by atoms with Crippen molar-refractivity contribution in [2.24, 2.45) is 5.10 Å². The van der Waals surface area contributed by atoms with Gasteiger partial charge in [-0.2, -0.15) is 5.10 Å². The van der Waals surface area contributed by atoms with E-state index in [1.807, 2.05) is 36.4 Å². The summed E-state index contributed by atoms with van der Waals surface area (Å²) in [6.45, 7) is 0. The van der Waals surface area contributed by atoms with Gasteiger partial charge in [-0.25, -0.2) is 15.2 Å². The summed E-state index contributed by atoms with van der Waals surface area (Å²) in [5.41, 5.74) is 6.87. The van der Waals surface area contributed by atoms with Crippen molar-refractivity contribution in [2.45, 2.75) is 10.9 Å². The number of aromatic amines is 1. The molecule has 31 heavy (non-hydrogen) atoms. The lowest BCUT2D eigenvalue weighted by atomic mass is 10.1. The average molecular weight is 430 g/mol. The van der Waals surface area contributed by atoms with Gasteiger partial charge in [-0.15, -0.1) is 0 Å². The number of carbonyl (C=O) groups is 2. The highest BCUT2D eigenvalue weighted by Crippen LogP contribution is 2.23. The summed E-state index contributed by atoms with van der Waals surface area (Å²) in [6.07, 6.45) is 1.46. The minimum Gasteiger partial charge on any atom is -0.478 e. The van der Waals surface area contributed by atoms with Crippen LogP contribution in [0.5, 0.6) is 0 Å². The number of hydrogen-bond acceptors (Lipinski definition) is 5. The molecule has 0 radical (unpaired) electrons. The van der Waals surface area contributed by atoms with E-state index in [2.05, 4.69) is 20.5 Å². The molecule has 4 aromatic rings. The van der Waals surface area contributed by atoms with Crippen LogP contribution in [0.3, 0.4) is 0 Å². The van der Waals surface area contributed by atoms with Gasteiger partial charge >= 0.3 is 5.97 Å². The van der Waals surface area contributed by atoms with Gasteiger partial charge in [0.05, 0.1) is 22.8 Å². The Bertz CT molecular complexity index is 1220. The lowest BCUT2D eigenvalue weighted by Crippen LogP contribution is -2.17. The Hall–Kier alpha value is -3.91. The first-order valence-corrected chi connectivity index (χ1v) is 10.4. The van der Waals surface area contributed by atoms with Crippen molar-refractivity contribution < 1.29 is 14.7 Å². The number of hydrazone groups is 1. The molecule has 0 saturated heterocycles. The number of H-pyrrole nitrogens is 1. The van der Waals surface area contributed by atoms with E-state index in [4.69, 9.17) is 5.11 Å². The lowest BCUT2D eigenvalue weighted by Gasteiger charge is -2.03. The summed E-state index contributed by atoms with van der Waals surface area (Å²) in [7, 11) is 0. The van der Waals surface area contributed by atoms with E-state index < -0.39 is 5.97 Å². The Morgan fingerprint density at radius 1 is 1.00 bits per heavy atom. The number of thioether (sulfide) groups is 1. The Kier molecular flexibility index (Phi) is 6.09. The fraction of sp³-hybridized carbons (Fsp3) is 0.0435.